The number of anilines is 3. The second kappa shape index (κ2) is 11.6. The molecular formula is C27H40N8O3S. The number of amides is 2. The number of aromatic nitrogens is 4. The van der Waals surface area contributed by atoms with Crippen LogP contribution >= 0.6 is 11.3 Å². The van der Waals surface area contributed by atoms with E-state index >= 15 is 0 Å². The van der Waals surface area contributed by atoms with Crippen LogP contribution in [0.2, 0.25) is 0 Å². The molecule has 0 aromatic carbocycles. The fourth-order valence-electron chi connectivity index (χ4n) is 5.97. The molecule has 3 fully saturated rings. The number of hydrogen-bond acceptors (Lipinski definition) is 10. The van der Waals surface area contributed by atoms with Gasteiger partial charge in [0, 0.05) is 44.8 Å². The van der Waals surface area contributed by atoms with E-state index in [0.29, 0.717) is 28.0 Å². The fraction of sp³-hybridized carbons (Fsp3) is 0.704. The zero-order valence-electron chi connectivity index (χ0n) is 23.2. The number of nitrogens with zero attached hydrogens (tertiary/aromatic N) is 6. The van der Waals surface area contributed by atoms with Crippen molar-refractivity contribution in [2.24, 2.45) is 11.3 Å². The van der Waals surface area contributed by atoms with E-state index in [9.17, 15) is 9.59 Å². The number of carbonyl (C=O) groups excluding carboxylic acids is 2. The van der Waals surface area contributed by atoms with Gasteiger partial charge in [-0.15, -0.1) is 15.3 Å². The summed E-state index contributed by atoms with van der Waals surface area (Å²) in [4.78, 5) is 29.2. The van der Waals surface area contributed by atoms with Gasteiger partial charge in [-0.1, -0.05) is 11.3 Å². The highest BCUT2D eigenvalue weighted by molar-refractivity contribution is 7.19. The van der Waals surface area contributed by atoms with Crippen molar-refractivity contribution in [1.82, 2.24) is 25.3 Å². The maximum atomic E-state index is 12.8. The zero-order chi connectivity index (χ0) is 27.5. The molecule has 0 bridgehead atoms. The van der Waals surface area contributed by atoms with Crippen LogP contribution < -0.4 is 15.5 Å². The number of hydrogen-bond donors (Lipinski definition) is 2. The minimum absolute atomic E-state index is 0.00749. The first-order chi connectivity index (χ1) is 18.7. The molecule has 12 heteroatoms. The highest BCUT2D eigenvalue weighted by Gasteiger charge is 2.40. The summed E-state index contributed by atoms with van der Waals surface area (Å²) >= 11 is 1.38. The Labute approximate surface area is 234 Å². The van der Waals surface area contributed by atoms with Crippen molar-refractivity contribution in [3.8, 4) is 0 Å². The molecule has 3 aliphatic rings. The molecule has 1 aliphatic carbocycles. The average molecular weight is 557 g/mol. The number of rotatable bonds is 6. The molecule has 2 N–H and O–H groups in total. The lowest BCUT2D eigenvalue weighted by atomic mass is 9.65. The Balaban J connectivity index is 1.02. The predicted molar refractivity (Wildman–Crippen MR) is 151 cm³/mol. The van der Waals surface area contributed by atoms with Crippen LogP contribution in [0.1, 0.15) is 72.1 Å². The molecule has 0 radical (unpaired) electrons. The van der Waals surface area contributed by atoms with Crippen molar-refractivity contribution in [2.45, 2.75) is 83.8 Å². The maximum absolute atomic E-state index is 12.8. The largest absolute Gasteiger partial charge is 0.444 e. The second-order valence-corrected chi connectivity index (χ2v) is 13.2. The van der Waals surface area contributed by atoms with Gasteiger partial charge in [-0.2, -0.15) is 5.10 Å². The number of piperidine rings is 1. The fourth-order valence-corrected chi connectivity index (χ4v) is 6.71. The van der Waals surface area contributed by atoms with Crippen LogP contribution in [-0.4, -0.2) is 75.1 Å². The molecule has 212 valence electrons. The Hall–Kier alpha value is -3.02. The van der Waals surface area contributed by atoms with Gasteiger partial charge in [-0.05, 0) is 89.2 Å². The summed E-state index contributed by atoms with van der Waals surface area (Å²) in [7, 11) is 0. The molecule has 2 aromatic rings. The smallest absolute Gasteiger partial charge is 0.410 e. The van der Waals surface area contributed by atoms with E-state index in [2.05, 4.69) is 35.9 Å². The van der Waals surface area contributed by atoms with Crippen LogP contribution in [0.25, 0.3) is 0 Å². The maximum Gasteiger partial charge on any atom is 0.410 e. The molecule has 1 atom stereocenters. The van der Waals surface area contributed by atoms with Crippen molar-refractivity contribution in [1.29, 1.82) is 0 Å². The summed E-state index contributed by atoms with van der Waals surface area (Å²) in [5, 5.41) is 24.2. The minimum Gasteiger partial charge on any atom is -0.444 e. The molecule has 2 saturated heterocycles. The van der Waals surface area contributed by atoms with Crippen molar-refractivity contribution in [3.05, 3.63) is 18.3 Å². The topological polar surface area (TPSA) is 125 Å². The lowest BCUT2D eigenvalue weighted by Crippen LogP contribution is -2.46. The first-order valence-corrected chi connectivity index (χ1v) is 14.9. The molecule has 4 heterocycles. The average Bonchev–Trinajstić information content (AvgIpc) is 3.55. The van der Waals surface area contributed by atoms with E-state index in [1.807, 2.05) is 37.8 Å². The summed E-state index contributed by atoms with van der Waals surface area (Å²) in [5.74, 6) is 1.27. The molecule has 5 rings (SSSR count). The molecule has 0 unspecified atom stereocenters. The molecular weight excluding hydrogens is 516 g/mol. The van der Waals surface area contributed by atoms with Gasteiger partial charge in [0.25, 0.3) is 0 Å². The molecule has 2 aliphatic heterocycles. The molecule has 2 amide bonds. The van der Waals surface area contributed by atoms with Gasteiger partial charge in [0.1, 0.15) is 5.60 Å². The third-order valence-electron chi connectivity index (χ3n) is 8.19. The predicted octanol–water partition coefficient (Wildman–Crippen LogP) is 4.56. The Morgan fingerprint density at radius 1 is 1.05 bits per heavy atom. The summed E-state index contributed by atoms with van der Waals surface area (Å²) in [5.41, 5.74) is -0.164. The Morgan fingerprint density at radius 3 is 2.49 bits per heavy atom. The van der Waals surface area contributed by atoms with Crippen molar-refractivity contribution in [2.75, 3.05) is 41.7 Å². The normalized spacial score (nSPS) is 21.7. The van der Waals surface area contributed by atoms with E-state index in [1.165, 1.54) is 11.3 Å². The van der Waals surface area contributed by atoms with Crippen molar-refractivity contribution < 1.29 is 14.3 Å². The molecule has 39 heavy (non-hydrogen) atoms. The standard InChI is InChI=1S/C27H40N8O3S/c1-26(2,3)38-25(37)34-15-11-27(12-16-34)9-6-19(7-10-27)17-22(36)30-24-33-32-23(39-24)29-20-8-14-35(18-20)21-5-4-13-28-31-21/h4-5,13,19-20H,6-12,14-18H2,1-3H3,(H,29,32)(H,30,33,36)/t20-/m1/s1. The van der Waals surface area contributed by atoms with Crippen LogP contribution in [0, 0.1) is 11.3 Å². The van der Waals surface area contributed by atoms with Gasteiger partial charge in [-0.3, -0.25) is 4.79 Å². The minimum atomic E-state index is -0.464. The van der Waals surface area contributed by atoms with Gasteiger partial charge >= 0.3 is 6.09 Å². The lowest BCUT2D eigenvalue weighted by molar-refractivity contribution is -0.117. The zero-order valence-corrected chi connectivity index (χ0v) is 24.0. The van der Waals surface area contributed by atoms with Crippen molar-refractivity contribution in [3.63, 3.8) is 0 Å². The third-order valence-corrected chi connectivity index (χ3v) is 8.96. The highest BCUT2D eigenvalue weighted by atomic mass is 32.1. The van der Waals surface area contributed by atoms with E-state index in [4.69, 9.17) is 4.74 Å². The lowest BCUT2D eigenvalue weighted by Gasteiger charge is -2.46. The van der Waals surface area contributed by atoms with Crippen LogP contribution in [0.5, 0.6) is 0 Å². The number of ether oxygens (including phenoxy) is 1. The van der Waals surface area contributed by atoms with Gasteiger partial charge in [0.15, 0.2) is 5.82 Å². The first-order valence-electron chi connectivity index (χ1n) is 14.1. The summed E-state index contributed by atoms with van der Waals surface area (Å²) in [6, 6.07) is 4.11. The molecule has 1 spiro atoms. The van der Waals surface area contributed by atoms with Gasteiger partial charge in [0.05, 0.1) is 0 Å². The van der Waals surface area contributed by atoms with E-state index in [1.54, 1.807) is 6.20 Å². The van der Waals surface area contributed by atoms with Crippen LogP contribution in [-0.2, 0) is 9.53 Å². The second-order valence-electron chi connectivity index (χ2n) is 12.2. The third kappa shape index (κ3) is 7.34. The Bertz CT molecular complexity index is 1120. The van der Waals surface area contributed by atoms with Crippen molar-refractivity contribution >= 4 is 39.4 Å². The van der Waals surface area contributed by atoms with E-state index in [0.717, 1.165) is 76.9 Å². The van der Waals surface area contributed by atoms with Crippen LogP contribution in [0.4, 0.5) is 20.9 Å². The first kappa shape index (κ1) is 27.5. The summed E-state index contributed by atoms with van der Waals surface area (Å²) < 4.78 is 5.54. The van der Waals surface area contributed by atoms with Crippen LogP contribution in [0.3, 0.4) is 0 Å². The number of nitrogens with one attached hydrogen (secondary N) is 2. The monoisotopic (exact) mass is 556 g/mol. The molecule has 11 nitrogen and oxygen atoms in total. The van der Waals surface area contributed by atoms with E-state index in [-0.39, 0.29) is 18.0 Å². The summed E-state index contributed by atoms with van der Waals surface area (Å²) in [6.07, 6.45) is 9.32. The number of carbonyl (C=O) groups is 2. The Morgan fingerprint density at radius 2 is 1.79 bits per heavy atom. The molecule has 2 aromatic heterocycles. The number of likely N-dealkylation sites (tertiary alicyclic amines) is 1. The SMILES string of the molecule is CC(C)(C)OC(=O)N1CCC2(CCC(CC(=O)Nc3nnc(N[C@@H]4CCN(c5cccnn5)C4)s3)CC2)CC1. The molecule has 1 saturated carbocycles. The van der Waals surface area contributed by atoms with Gasteiger partial charge in [-0.25, -0.2) is 4.79 Å². The van der Waals surface area contributed by atoms with Gasteiger partial charge < -0.3 is 25.2 Å². The van der Waals surface area contributed by atoms with Gasteiger partial charge in [0.2, 0.25) is 16.2 Å². The van der Waals surface area contributed by atoms with E-state index < -0.39 is 5.60 Å². The quantitative estimate of drug-likeness (QED) is 0.527. The summed E-state index contributed by atoms with van der Waals surface area (Å²) in [6.45, 7) is 8.95. The highest BCUT2D eigenvalue weighted by Crippen LogP contribution is 2.47. The van der Waals surface area contributed by atoms with Crippen LogP contribution in [0.15, 0.2) is 18.3 Å². The Kier molecular flexibility index (Phi) is 8.20.